The van der Waals surface area contributed by atoms with Crippen LogP contribution in [0.5, 0.6) is 0 Å². The fourth-order valence-corrected chi connectivity index (χ4v) is 1.41. The molecule has 0 bridgehead atoms. The van der Waals surface area contributed by atoms with Crippen molar-refractivity contribution in [1.29, 1.82) is 0 Å². The van der Waals surface area contributed by atoms with E-state index in [0.717, 1.165) is 5.52 Å². The summed E-state index contributed by atoms with van der Waals surface area (Å²) in [7, 11) is 0. The summed E-state index contributed by atoms with van der Waals surface area (Å²) >= 11 is 0. The van der Waals surface area contributed by atoms with Gasteiger partial charge in [-0.1, -0.05) is 19.9 Å². The lowest BCUT2D eigenvalue weighted by molar-refractivity contribution is 1.12. The molecule has 0 fully saturated rings. The molecule has 0 amide bonds. The molecule has 0 saturated heterocycles. The van der Waals surface area contributed by atoms with Crippen molar-refractivity contribution in [3.05, 3.63) is 29.5 Å². The van der Waals surface area contributed by atoms with Crippen molar-refractivity contribution in [2.45, 2.75) is 27.7 Å². The van der Waals surface area contributed by atoms with Gasteiger partial charge in [0.2, 0.25) is 0 Å². The van der Waals surface area contributed by atoms with Crippen molar-refractivity contribution in [3.8, 4) is 0 Å². The standard InChI is InChI=1S/C9H10N2.C2H6/c1-6-3-7(2)8-5-10-11-9(8)4-6;1-2/h3-5H,1-2H3,(H,10,11);1-2H3. The molecule has 1 N–H and O–H groups in total. The Morgan fingerprint density at radius 3 is 2.54 bits per heavy atom. The second kappa shape index (κ2) is 4.08. The van der Waals surface area contributed by atoms with Gasteiger partial charge in [0.25, 0.3) is 0 Å². The summed E-state index contributed by atoms with van der Waals surface area (Å²) in [6.07, 6.45) is 1.87. The van der Waals surface area contributed by atoms with Gasteiger partial charge in [0, 0.05) is 5.39 Å². The average molecular weight is 176 g/mol. The van der Waals surface area contributed by atoms with E-state index >= 15 is 0 Å². The molecule has 0 saturated carbocycles. The third-order valence-corrected chi connectivity index (χ3v) is 1.91. The van der Waals surface area contributed by atoms with Gasteiger partial charge in [-0.15, -0.1) is 0 Å². The number of nitrogens with zero attached hydrogens (tertiary/aromatic N) is 1. The van der Waals surface area contributed by atoms with Crippen LogP contribution in [0, 0.1) is 13.8 Å². The van der Waals surface area contributed by atoms with E-state index in [1.165, 1.54) is 16.5 Å². The minimum Gasteiger partial charge on any atom is -0.278 e. The molecule has 70 valence electrons. The minimum atomic E-state index is 1.13. The highest BCUT2D eigenvalue weighted by Gasteiger charge is 1.98. The first kappa shape index (κ1) is 9.78. The Morgan fingerprint density at radius 2 is 1.85 bits per heavy atom. The number of fused-ring (bicyclic) bond motifs is 1. The van der Waals surface area contributed by atoms with Crippen LogP contribution < -0.4 is 0 Å². The summed E-state index contributed by atoms with van der Waals surface area (Å²) in [4.78, 5) is 0. The minimum absolute atomic E-state index is 1.13. The van der Waals surface area contributed by atoms with Crippen molar-refractivity contribution in [1.82, 2.24) is 10.2 Å². The maximum absolute atomic E-state index is 3.98. The molecule has 2 heteroatoms. The fourth-order valence-electron chi connectivity index (χ4n) is 1.41. The van der Waals surface area contributed by atoms with Crippen LogP contribution in [0.1, 0.15) is 25.0 Å². The summed E-state index contributed by atoms with van der Waals surface area (Å²) in [5, 5.41) is 8.15. The van der Waals surface area contributed by atoms with Crippen LogP contribution in [-0.4, -0.2) is 10.2 Å². The summed E-state index contributed by atoms with van der Waals surface area (Å²) in [5.74, 6) is 0. The lowest BCUT2D eigenvalue weighted by Crippen LogP contribution is -1.77. The molecule has 13 heavy (non-hydrogen) atoms. The molecule has 0 spiro atoms. The van der Waals surface area contributed by atoms with Crippen molar-refractivity contribution in [2.24, 2.45) is 0 Å². The van der Waals surface area contributed by atoms with E-state index in [1.807, 2.05) is 20.0 Å². The molecule has 0 radical (unpaired) electrons. The number of H-pyrrole nitrogens is 1. The first-order valence-corrected chi connectivity index (χ1v) is 4.68. The van der Waals surface area contributed by atoms with E-state index in [-0.39, 0.29) is 0 Å². The molecule has 2 aromatic rings. The molecular formula is C11H16N2. The predicted molar refractivity (Wildman–Crippen MR) is 56.9 cm³/mol. The molecule has 1 aromatic carbocycles. The van der Waals surface area contributed by atoms with Crippen molar-refractivity contribution in [3.63, 3.8) is 0 Å². The maximum atomic E-state index is 3.98. The van der Waals surface area contributed by atoms with Gasteiger partial charge < -0.3 is 0 Å². The van der Waals surface area contributed by atoms with Crippen molar-refractivity contribution in [2.75, 3.05) is 0 Å². The van der Waals surface area contributed by atoms with Crippen LogP contribution in [0.2, 0.25) is 0 Å². The van der Waals surface area contributed by atoms with Crippen LogP contribution in [0.25, 0.3) is 10.9 Å². The number of aromatic nitrogens is 2. The van der Waals surface area contributed by atoms with Crippen LogP contribution in [0.3, 0.4) is 0 Å². The maximum Gasteiger partial charge on any atom is 0.0655 e. The number of hydrogen-bond acceptors (Lipinski definition) is 1. The summed E-state index contributed by atoms with van der Waals surface area (Å²) in [6, 6.07) is 4.27. The third-order valence-electron chi connectivity index (χ3n) is 1.91. The lowest BCUT2D eigenvalue weighted by atomic mass is 10.1. The van der Waals surface area contributed by atoms with Gasteiger partial charge in [-0.05, 0) is 31.0 Å². The highest BCUT2D eigenvalue weighted by atomic mass is 15.1. The quantitative estimate of drug-likeness (QED) is 0.656. The lowest BCUT2D eigenvalue weighted by Gasteiger charge is -1.96. The third kappa shape index (κ3) is 1.89. The smallest absolute Gasteiger partial charge is 0.0655 e. The number of aryl methyl sites for hydroxylation is 2. The molecule has 2 nitrogen and oxygen atoms in total. The van der Waals surface area contributed by atoms with Gasteiger partial charge in [0.05, 0.1) is 11.7 Å². The fraction of sp³-hybridized carbons (Fsp3) is 0.364. The van der Waals surface area contributed by atoms with E-state index in [1.54, 1.807) is 0 Å². The number of benzene rings is 1. The molecule has 1 heterocycles. The van der Waals surface area contributed by atoms with E-state index in [9.17, 15) is 0 Å². The molecular weight excluding hydrogens is 160 g/mol. The second-order valence-corrected chi connectivity index (χ2v) is 2.91. The molecule has 0 aliphatic carbocycles. The summed E-state index contributed by atoms with van der Waals surface area (Å²) in [5.41, 5.74) is 3.69. The average Bonchev–Trinajstić information content (AvgIpc) is 2.55. The van der Waals surface area contributed by atoms with Gasteiger partial charge in [-0.3, -0.25) is 5.10 Å². The largest absolute Gasteiger partial charge is 0.278 e. The topological polar surface area (TPSA) is 28.7 Å². The van der Waals surface area contributed by atoms with Crippen molar-refractivity contribution >= 4 is 10.9 Å². The Kier molecular flexibility index (Phi) is 3.07. The zero-order valence-corrected chi connectivity index (χ0v) is 8.68. The monoisotopic (exact) mass is 176 g/mol. The molecule has 2 rings (SSSR count). The Bertz CT molecular complexity index is 388. The predicted octanol–water partition coefficient (Wildman–Crippen LogP) is 3.21. The second-order valence-electron chi connectivity index (χ2n) is 2.91. The van der Waals surface area contributed by atoms with Crippen LogP contribution in [0.15, 0.2) is 18.3 Å². The molecule has 0 unspecified atom stereocenters. The summed E-state index contributed by atoms with van der Waals surface area (Å²) < 4.78 is 0. The van der Waals surface area contributed by atoms with Crippen LogP contribution >= 0.6 is 0 Å². The van der Waals surface area contributed by atoms with Crippen LogP contribution in [0.4, 0.5) is 0 Å². The van der Waals surface area contributed by atoms with Crippen LogP contribution in [-0.2, 0) is 0 Å². The number of hydrogen-bond donors (Lipinski definition) is 1. The first-order chi connectivity index (χ1) is 6.27. The Hall–Kier alpha value is -1.31. The zero-order valence-electron chi connectivity index (χ0n) is 8.68. The molecule has 0 atom stereocenters. The normalized spacial score (nSPS) is 9.54. The zero-order chi connectivity index (χ0) is 9.84. The van der Waals surface area contributed by atoms with E-state index in [4.69, 9.17) is 0 Å². The van der Waals surface area contributed by atoms with Gasteiger partial charge in [0.1, 0.15) is 0 Å². The SMILES string of the molecule is CC.Cc1cc(C)c2cn[nH]c2c1. The van der Waals surface area contributed by atoms with Gasteiger partial charge in [-0.25, -0.2) is 0 Å². The molecule has 0 aliphatic heterocycles. The van der Waals surface area contributed by atoms with Gasteiger partial charge >= 0.3 is 0 Å². The number of rotatable bonds is 0. The van der Waals surface area contributed by atoms with Gasteiger partial charge in [0.15, 0.2) is 0 Å². The van der Waals surface area contributed by atoms with Crippen molar-refractivity contribution < 1.29 is 0 Å². The Labute approximate surface area is 79.0 Å². The molecule has 0 aliphatic rings. The number of aromatic amines is 1. The molecule has 1 aromatic heterocycles. The summed E-state index contributed by atoms with van der Waals surface area (Å²) in [6.45, 7) is 8.19. The van der Waals surface area contributed by atoms with E-state index < -0.39 is 0 Å². The van der Waals surface area contributed by atoms with Gasteiger partial charge in [-0.2, -0.15) is 5.10 Å². The Balaban J connectivity index is 0.000000396. The number of nitrogens with one attached hydrogen (secondary N) is 1. The van der Waals surface area contributed by atoms with E-state index in [0.29, 0.717) is 0 Å². The highest BCUT2D eigenvalue weighted by Crippen LogP contribution is 2.16. The Morgan fingerprint density at radius 1 is 1.15 bits per heavy atom. The highest BCUT2D eigenvalue weighted by molar-refractivity contribution is 5.82. The first-order valence-electron chi connectivity index (χ1n) is 4.68. The van der Waals surface area contributed by atoms with E-state index in [2.05, 4.69) is 36.2 Å².